The van der Waals surface area contributed by atoms with Crippen LogP contribution in [-0.2, 0) is 10.8 Å². The van der Waals surface area contributed by atoms with Crippen molar-refractivity contribution < 1.29 is 8.60 Å². The molecule has 0 atom stereocenters. The van der Waals surface area contributed by atoms with Gasteiger partial charge >= 0.3 is 0 Å². The van der Waals surface area contributed by atoms with Gasteiger partial charge in [-0.2, -0.15) is 0 Å². The van der Waals surface area contributed by atoms with Crippen LogP contribution < -0.4 is 5.73 Å². The predicted octanol–water partition coefficient (Wildman–Crippen LogP) is 3.66. The van der Waals surface area contributed by atoms with E-state index in [1.165, 1.54) is 0 Å². The first kappa shape index (κ1) is 22.2. The van der Waals surface area contributed by atoms with Gasteiger partial charge < -0.3 is 5.73 Å². The molecular weight excluding hydrogens is 237 g/mol. The van der Waals surface area contributed by atoms with Crippen molar-refractivity contribution in [1.82, 2.24) is 0 Å². The van der Waals surface area contributed by atoms with Crippen LogP contribution in [0.1, 0.15) is 60.8 Å². The Morgan fingerprint density at radius 1 is 1.18 bits per heavy atom. The van der Waals surface area contributed by atoms with Crippen LogP contribution in [0.5, 0.6) is 0 Å². The van der Waals surface area contributed by atoms with Crippen LogP contribution in [0.4, 0.5) is 4.39 Å². The Balaban J connectivity index is -0.000000208. The first-order valence-corrected chi connectivity index (χ1v) is 8.24. The van der Waals surface area contributed by atoms with Gasteiger partial charge in [0.05, 0.1) is 0 Å². The third-order valence-electron chi connectivity index (χ3n) is 1.99. The minimum absolute atomic E-state index is 0.472. The van der Waals surface area contributed by atoms with Gasteiger partial charge in [-0.1, -0.05) is 34.6 Å². The van der Waals surface area contributed by atoms with Crippen LogP contribution in [-0.4, -0.2) is 27.9 Å². The molecule has 0 radical (unpaired) electrons. The standard InChI is InChI=1S/C6H11FOS.C3H9N.2C2H6/c1-6(7)2-4-9(8)5-3-6;1-2-3-4;2*1-2/h2-5H2,1H3;2-4H2,1H3;2*1-2H3. The molecule has 0 aliphatic carbocycles. The van der Waals surface area contributed by atoms with Crippen LogP contribution in [0.3, 0.4) is 0 Å². The summed E-state index contributed by atoms with van der Waals surface area (Å²) in [6.07, 6.45) is 2.04. The first-order chi connectivity index (χ1) is 8.02. The highest BCUT2D eigenvalue weighted by Gasteiger charge is 2.28. The second-order valence-electron chi connectivity index (χ2n) is 3.55. The van der Waals surface area contributed by atoms with Gasteiger partial charge in [0.25, 0.3) is 0 Å². The summed E-state index contributed by atoms with van der Waals surface area (Å²) in [5, 5.41) is 0. The number of nitrogens with two attached hydrogens (primary N) is 1. The van der Waals surface area contributed by atoms with E-state index in [0.29, 0.717) is 24.3 Å². The molecule has 1 aliphatic heterocycles. The Bertz CT molecular complexity index is 149. The predicted molar refractivity (Wildman–Crippen MR) is 78.7 cm³/mol. The summed E-state index contributed by atoms with van der Waals surface area (Å²) < 4.78 is 23.6. The highest BCUT2D eigenvalue weighted by Crippen LogP contribution is 2.24. The average molecular weight is 269 g/mol. The second kappa shape index (κ2) is 16.0. The molecule has 0 saturated carbocycles. The Morgan fingerprint density at radius 2 is 1.47 bits per heavy atom. The molecule has 1 heterocycles. The van der Waals surface area contributed by atoms with Crippen molar-refractivity contribution in [3.8, 4) is 0 Å². The van der Waals surface area contributed by atoms with E-state index in [0.717, 1.165) is 13.0 Å². The van der Waals surface area contributed by atoms with Crippen molar-refractivity contribution >= 4 is 10.8 Å². The van der Waals surface area contributed by atoms with E-state index in [9.17, 15) is 8.60 Å². The smallest absolute Gasteiger partial charge is 0.110 e. The van der Waals surface area contributed by atoms with Gasteiger partial charge in [-0.15, -0.1) is 0 Å². The number of rotatable bonds is 1. The van der Waals surface area contributed by atoms with Gasteiger partial charge in [-0.25, -0.2) is 4.39 Å². The van der Waals surface area contributed by atoms with E-state index >= 15 is 0 Å². The van der Waals surface area contributed by atoms with E-state index in [2.05, 4.69) is 6.92 Å². The minimum Gasteiger partial charge on any atom is -0.330 e. The normalized spacial score (nSPS) is 26.2. The maximum Gasteiger partial charge on any atom is 0.110 e. The van der Waals surface area contributed by atoms with Gasteiger partial charge in [0.2, 0.25) is 0 Å². The summed E-state index contributed by atoms with van der Waals surface area (Å²) in [7, 11) is -0.727. The third-order valence-corrected chi connectivity index (χ3v) is 3.31. The van der Waals surface area contributed by atoms with Crippen molar-refractivity contribution in [3.05, 3.63) is 0 Å². The van der Waals surface area contributed by atoms with Crippen molar-refractivity contribution in [1.29, 1.82) is 0 Å². The molecule has 2 N–H and O–H groups in total. The molecule has 0 aromatic rings. The lowest BCUT2D eigenvalue weighted by Gasteiger charge is -2.23. The zero-order chi connectivity index (χ0) is 14.3. The van der Waals surface area contributed by atoms with Crippen LogP contribution in [0.15, 0.2) is 0 Å². The summed E-state index contributed by atoms with van der Waals surface area (Å²) in [6.45, 7) is 12.5. The quantitative estimate of drug-likeness (QED) is 0.789. The van der Waals surface area contributed by atoms with E-state index in [4.69, 9.17) is 5.73 Å². The molecule has 0 unspecified atom stereocenters. The molecule has 0 spiro atoms. The van der Waals surface area contributed by atoms with Crippen LogP contribution in [0.2, 0.25) is 0 Å². The molecule has 108 valence electrons. The molecule has 17 heavy (non-hydrogen) atoms. The van der Waals surface area contributed by atoms with E-state index in [-0.39, 0.29) is 0 Å². The molecule has 1 saturated heterocycles. The lowest BCUT2D eigenvalue weighted by molar-refractivity contribution is 0.174. The molecule has 1 rings (SSSR count). The summed E-state index contributed by atoms with van der Waals surface area (Å²) >= 11 is 0. The SMILES string of the molecule is CC.CC.CC1(F)CCS(=O)CC1.CCCN. The fourth-order valence-electron chi connectivity index (χ4n) is 0.880. The number of hydrogen-bond donors (Lipinski definition) is 1. The third kappa shape index (κ3) is 18.6. The zero-order valence-electron chi connectivity index (χ0n) is 12.5. The lowest BCUT2D eigenvalue weighted by atomic mass is 10.0. The lowest BCUT2D eigenvalue weighted by Crippen LogP contribution is -2.29. The van der Waals surface area contributed by atoms with Crippen LogP contribution in [0.25, 0.3) is 0 Å². The Kier molecular flexibility index (Phi) is 21.0. The molecule has 0 bridgehead atoms. The van der Waals surface area contributed by atoms with Crippen LogP contribution >= 0.6 is 0 Å². The molecule has 0 amide bonds. The molecule has 0 aromatic carbocycles. The van der Waals surface area contributed by atoms with Gasteiger partial charge in [0, 0.05) is 22.3 Å². The molecule has 1 aliphatic rings. The van der Waals surface area contributed by atoms with Gasteiger partial charge in [-0.3, -0.25) is 4.21 Å². The molecule has 1 fully saturated rings. The van der Waals surface area contributed by atoms with Crippen molar-refractivity contribution in [2.75, 3.05) is 18.1 Å². The van der Waals surface area contributed by atoms with E-state index in [1.807, 2.05) is 27.7 Å². The van der Waals surface area contributed by atoms with Crippen molar-refractivity contribution in [2.24, 2.45) is 5.73 Å². The molecule has 4 heteroatoms. The topological polar surface area (TPSA) is 43.1 Å². The number of halogens is 1. The van der Waals surface area contributed by atoms with Crippen LogP contribution in [0, 0.1) is 0 Å². The van der Waals surface area contributed by atoms with Gasteiger partial charge in [0.15, 0.2) is 0 Å². The number of hydrogen-bond acceptors (Lipinski definition) is 2. The average Bonchev–Trinajstić information content (AvgIpc) is 2.38. The summed E-state index contributed by atoms with van der Waals surface area (Å²) in [5.74, 6) is 1.10. The highest BCUT2D eigenvalue weighted by molar-refractivity contribution is 7.85. The second-order valence-corrected chi connectivity index (χ2v) is 5.25. The Labute approximate surface area is 110 Å². The molecule has 0 aromatic heterocycles. The Morgan fingerprint density at radius 3 is 1.65 bits per heavy atom. The maximum atomic E-state index is 12.9. The maximum absolute atomic E-state index is 12.9. The van der Waals surface area contributed by atoms with E-state index in [1.54, 1.807) is 6.92 Å². The summed E-state index contributed by atoms with van der Waals surface area (Å²) in [4.78, 5) is 0. The van der Waals surface area contributed by atoms with E-state index < -0.39 is 16.5 Å². The molecular formula is C13H32FNOS. The molecule has 2 nitrogen and oxygen atoms in total. The zero-order valence-corrected chi connectivity index (χ0v) is 13.3. The number of alkyl halides is 1. The monoisotopic (exact) mass is 269 g/mol. The first-order valence-electron chi connectivity index (χ1n) is 6.76. The minimum atomic E-state index is -1.03. The van der Waals surface area contributed by atoms with Crippen molar-refractivity contribution in [3.63, 3.8) is 0 Å². The summed E-state index contributed by atoms with van der Waals surface area (Å²) in [6, 6.07) is 0. The largest absolute Gasteiger partial charge is 0.330 e. The summed E-state index contributed by atoms with van der Waals surface area (Å²) in [5.41, 5.74) is 3.99. The van der Waals surface area contributed by atoms with Crippen molar-refractivity contribution in [2.45, 2.75) is 66.5 Å². The fourth-order valence-corrected chi connectivity index (χ4v) is 2.39. The fraction of sp³-hybridized carbons (Fsp3) is 1.00. The van der Waals surface area contributed by atoms with Gasteiger partial charge in [0.1, 0.15) is 5.67 Å². The highest BCUT2D eigenvalue weighted by atomic mass is 32.2. The van der Waals surface area contributed by atoms with Gasteiger partial charge in [-0.05, 0) is 32.7 Å². The Hall–Kier alpha value is 0.0400.